The van der Waals surface area contributed by atoms with Crippen LogP contribution in [-0.2, 0) is 0 Å². The van der Waals surface area contributed by atoms with Crippen LogP contribution < -0.4 is 9.64 Å². The van der Waals surface area contributed by atoms with Gasteiger partial charge in [-0.2, -0.15) is 0 Å². The van der Waals surface area contributed by atoms with Gasteiger partial charge in [0.05, 0.1) is 34.5 Å². The third kappa shape index (κ3) is 3.95. The Morgan fingerprint density at radius 1 is 0.938 bits per heavy atom. The lowest BCUT2D eigenvalue weighted by molar-refractivity contribution is 0.0654. The molecular formula is C24H18Cl2N2O4. The summed E-state index contributed by atoms with van der Waals surface area (Å²) >= 11 is 12.3. The second-order valence-corrected chi connectivity index (χ2v) is 7.90. The van der Waals surface area contributed by atoms with Crippen molar-refractivity contribution < 1.29 is 19.1 Å². The Morgan fingerprint density at radius 3 is 2.19 bits per heavy atom. The molecule has 0 N–H and O–H groups in total. The zero-order valence-corrected chi connectivity index (χ0v) is 18.6. The van der Waals surface area contributed by atoms with Crippen LogP contribution in [0.3, 0.4) is 0 Å². The highest BCUT2D eigenvalue weighted by Gasteiger charge is 2.35. The van der Waals surface area contributed by atoms with E-state index in [4.69, 9.17) is 27.9 Å². The Morgan fingerprint density at radius 2 is 1.56 bits per heavy atom. The van der Waals surface area contributed by atoms with E-state index in [9.17, 15) is 14.4 Å². The van der Waals surface area contributed by atoms with Crippen molar-refractivity contribution in [1.82, 2.24) is 4.90 Å². The molecule has 0 saturated heterocycles. The fourth-order valence-corrected chi connectivity index (χ4v) is 4.12. The van der Waals surface area contributed by atoms with Crippen LogP contribution in [0, 0.1) is 0 Å². The van der Waals surface area contributed by atoms with Crippen LogP contribution in [0.15, 0.2) is 66.7 Å². The van der Waals surface area contributed by atoms with Gasteiger partial charge in [-0.3, -0.25) is 19.3 Å². The van der Waals surface area contributed by atoms with Crippen LogP contribution in [0.2, 0.25) is 10.0 Å². The van der Waals surface area contributed by atoms with E-state index in [-0.39, 0.29) is 35.5 Å². The van der Waals surface area contributed by atoms with E-state index in [0.29, 0.717) is 27.6 Å². The zero-order valence-electron chi connectivity index (χ0n) is 17.0. The van der Waals surface area contributed by atoms with E-state index in [0.717, 1.165) is 4.90 Å². The van der Waals surface area contributed by atoms with Crippen molar-refractivity contribution in [1.29, 1.82) is 0 Å². The number of halogens is 2. The molecule has 8 heteroatoms. The second-order valence-electron chi connectivity index (χ2n) is 7.06. The van der Waals surface area contributed by atoms with Gasteiger partial charge in [-0.1, -0.05) is 47.5 Å². The molecule has 3 aromatic carbocycles. The summed E-state index contributed by atoms with van der Waals surface area (Å²) < 4.78 is 5.43. The number of anilines is 1. The molecule has 6 nitrogen and oxygen atoms in total. The summed E-state index contributed by atoms with van der Waals surface area (Å²) in [5.74, 6) is -0.717. The molecule has 0 unspecified atom stereocenters. The normalized spacial score (nSPS) is 12.7. The average Bonchev–Trinajstić information content (AvgIpc) is 3.04. The molecule has 3 aromatic rings. The first-order chi connectivity index (χ1) is 15.4. The Balaban J connectivity index is 1.67. The Kier molecular flexibility index (Phi) is 6.17. The van der Waals surface area contributed by atoms with Gasteiger partial charge in [-0.05, 0) is 42.5 Å². The summed E-state index contributed by atoms with van der Waals surface area (Å²) in [6.07, 6.45) is 0. The van der Waals surface area contributed by atoms with Gasteiger partial charge in [0.1, 0.15) is 5.75 Å². The van der Waals surface area contributed by atoms with Gasteiger partial charge < -0.3 is 9.64 Å². The van der Waals surface area contributed by atoms with Gasteiger partial charge >= 0.3 is 0 Å². The summed E-state index contributed by atoms with van der Waals surface area (Å²) in [4.78, 5) is 41.6. The SMILES string of the molecule is COc1ccccc1N(CCN1C(=O)c2ccccc2C1=O)C(=O)c1ccc(Cl)cc1Cl. The standard InChI is InChI=1S/C24H18Cl2N2O4/c1-32-21-9-5-4-8-20(21)27(24(31)18-11-10-15(25)14-19(18)26)12-13-28-22(29)16-6-2-3-7-17(16)23(28)30/h2-11,14H,12-13H2,1H3. The maximum atomic E-state index is 13.5. The number of imide groups is 1. The van der Waals surface area contributed by atoms with Gasteiger partial charge in [0.2, 0.25) is 0 Å². The van der Waals surface area contributed by atoms with Crippen LogP contribution >= 0.6 is 23.2 Å². The van der Waals surface area contributed by atoms with E-state index in [1.807, 2.05) is 0 Å². The molecule has 0 aromatic heterocycles. The van der Waals surface area contributed by atoms with Crippen LogP contribution in [0.25, 0.3) is 0 Å². The van der Waals surface area contributed by atoms with E-state index >= 15 is 0 Å². The largest absolute Gasteiger partial charge is 0.495 e. The van der Waals surface area contributed by atoms with Gasteiger partial charge in [0, 0.05) is 18.1 Å². The Labute approximate surface area is 194 Å². The van der Waals surface area contributed by atoms with E-state index in [2.05, 4.69) is 0 Å². The lowest BCUT2D eigenvalue weighted by Gasteiger charge is -2.27. The smallest absolute Gasteiger partial charge is 0.261 e. The first-order valence-corrected chi connectivity index (χ1v) is 10.5. The first-order valence-electron chi connectivity index (χ1n) is 9.77. The molecule has 1 heterocycles. The number of ether oxygens (including phenoxy) is 1. The van der Waals surface area contributed by atoms with Crippen LogP contribution in [0.4, 0.5) is 5.69 Å². The summed E-state index contributed by atoms with van der Waals surface area (Å²) in [5.41, 5.74) is 1.44. The summed E-state index contributed by atoms with van der Waals surface area (Å²) in [5, 5.41) is 0.601. The van der Waals surface area contributed by atoms with Crippen molar-refractivity contribution >= 4 is 46.6 Å². The molecule has 0 aliphatic carbocycles. The molecule has 0 saturated carbocycles. The average molecular weight is 469 g/mol. The number of carbonyl (C=O) groups is 3. The van der Waals surface area contributed by atoms with E-state index in [1.165, 1.54) is 24.1 Å². The molecule has 4 rings (SSSR count). The molecule has 0 bridgehead atoms. The molecule has 0 spiro atoms. The fourth-order valence-electron chi connectivity index (χ4n) is 3.63. The van der Waals surface area contributed by atoms with Crippen molar-refractivity contribution in [3.8, 4) is 5.75 Å². The number of methoxy groups -OCH3 is 1. The third-order valence-electron chi connectivity index (χ3n) is 5.21. The highest BCUT2D eigenvalue weighted by atomic mass is 35.5. The van der Waals surface area contributed by atoms with Gasteiger partial charge in [0.25, 0.3) is 17.7 Å². The minimum Gasteiger partial charge on any atom is -0.495 e. The maximum absolute atomic E-state index is 13.5. The number of rotatable bonds is 6. The highest BCUT2D eigenvalue weighted by molar-refractivity contribution is 6.37. The van der Waals surface area contributed by atoms with Crippen molar-refractivity contribution in [2.45, 2.75) is 0 Å². The minimum absolute atomic E-state index is 0.00133. The molecule has 162 valence electrons. The highest BCUT2D eigenvalue weighted by Crippen LogP contribution is 2.31. The molecule has 1 aliphatic rings. The lowest BCUT2D eigenvalue weighted by atomic mass is 10.1. The predicted molar refractivity (Wildman–Crippen MR) is 123 cm³/mol. The molecule has 0 fully saturated rings. The summed E-state index contributed by atoms with van der Waals surface area (Å²) in [7, 11) is 1.50. The van der Waals surface area contributed by atoms with Crippen molar-refractivity contribution in [3.63, 3.8) is 0 Å². The molecule has 32 heavy (non-hydrogen) atoms. The van der Waals surface area contributed by atoms with Crippen LogP contribution in [0.1, 0.15) is 31.1 Å². The number of fused-ring (bicyclic) bond motifs is 1. The predicted octanol–water partition coefficient (Wildman–Crippen LogP) is 4.95. The van der Waals surface area contributed by atoms with Crippen LogP contribution in [-0.4, -0.2) is 42.8 Å². The zero-order chi connectivity index (χ0) is 22.8. The molecule has 1 aliphatic heterocycles. The molecule has 0 radical (unpaired) electrons. The molecule has 0 atom stereocenters. The monoisotopic (exact) mass is 468 g/mol. The molecular weight excluding hydrogens is 451 g/mol. The van der Waals surface area contributed by atoms with E-state index < -0.39 is 5.91 Å². The quantitative estimate of drug-likeness (QED) is 0.480. The fraction of sp³-hybridized carbons (Fsp3) is 0.125. The van der Waals surface area contributed by atoms with Gasteiger partial charge in [-0.25, -0.2) is 0 Å². The molecule has 3 amide bonds. The number of amides is 3. The van der Waals surface area contributed by atoms with E-state index in [1.54, 1.807) is 54.6 Å². The number of carbonyl (C=O) groups excluding carboxylic acids is 3. The lowest BCUT2D eigenvalue weighted by Crippen LogP contribution is -2.41. The van der Waals surface area contributed by atoms with Gasteiger partial charge in [-0.15, -0.1) is 0 Å². The van der Waals surface area contributed by atoms with Gasteiger partial charge in [0.15, 0.2) is 0 Å². The summed E-state index contributed by atoms with van der Waals surface area (Å²) in [6.45, 7) is 0.0466. The van der Waals surface area contributed by atoms with Crippen molar-refractivity contribution in [2.75, 3.05) is 25.1 Å². The second kappa shape index (κ2) is 9.02. The first kappa shape index (κ1) is 21.9. The topological polar surface area (TPSA) is 66.9 Å². The Bertz CT molecular complexity index is 1190. The number of para-hydroxylation sites is 2. The third-order valence-corrected chi connectivity index (χ3v) is 5.76. The number of nitrogens with zero attached hydrogens (tertiary/aromatic N) is 2. The number of benzene rings is 3. The van der Waals surface area contributed by atoms with Crippen LogP contribution in [0.5, 0.6) is 5.75 Å². The number of hydrogen-bond acceptors (Lipinski definition) is 4. The maximum Gasteiger partial charge on any atom is 0.261 e. The summed E-state index contributed by atoms with van der Waals surface area (Å²) in [6, 6.07) is 18.3. The minimum atomic E-state index is -0.409. The van der Waals surface area contributed by atoms with Crippen molar-refractivity contribution in [3.05, 3.63) is 93.5 Å². The Hall–Kier alpha value is -3.35. The van der Waals surface area contributed by atoms with Crippen molar-refractivity contribution in [2.24, 2.45) is 0 Å². The number of hydrogen-bond donors (Lipinski definition) is 0.